The summed E-state index contributed by atoms with van der Waals surface area (Å²) in [5.41, 5.74) is 5.15. The van der Waals surface area contributed by atoms with Gasteiger partial charge >= 0.3 is 19.3 Å². The van der Waals surface area contributed by atoms with Crippen LogP contribution in [0.1, 0.15) is 18.9 Å². The van der Waals surface area contributed by atoms with Crippen LogP contribution in [-0.2, 0) is 41.4 Å². The lowest BCUT2D eigenvalue weighted by atomic mass is 10.1. The first-order valence-electron chi connectivity index (χ1n) is 12.3. The molecule has 0 saturated carbocycles. The molecule has 0 radical (unpaired) electrons. The van der Waals surface area contributed by atoms with E-state index >= 15 is 0 Å². The van der Waals surface area contributed by atoms with Gasteiger partial charge in [-0.15, -0.1) is 0 Å². The fourth-order valence-corrected chi connectivity index (χ4v) is 8.02. The van der Waals surface area contributed by atoms with Crippen molar-refractivity contribution in [3.05, 3.63) is 45.8 Å². The van der Waals surface area contributed by atoms with Crippen molar-refractivity contribution < 1.29 is 41.4 Å². The molecule has 9 atom stereocenters. The highest BCUT2D eigenvalue weighted by molar-refractivity contribution is 8.44. The van der Waals surface area contributed by atoms with Crippen LogP contribution in [-0.4, -0.2) is 79.9 Å². The van der Waals surface area contributed by atoms with Gasteiger partial charge in [-0.2, -0.15) is 0 Å². The Bertz CT molecular complexity index is 1700. The molecule has 0 amide bonds. The van der Waals surface area contributed by atoms with Gasteiger partial charge in [-0.05, 0) is 0 Å². The number of aromatic amines is 1. The van der Waals surface area contributed by atoms with Gasteiger partial charge in [0.15, 0.2) is 23.9 Å². The predicted molar refractivity (Wildman–Crippen MR) is 149 cm³/mol. The summed E-state index contributed by atoms with van der Waals surface area (Å²) >= 11 is 8.26. The number of nitrogens with two attached hydrogens (primary N) is 1. The quantitative estimate of drug-likeness (QED) is 0.227. The maximum absolute atomic E-state index is 13.4. The van der Waals surface area contributed by atoms with Gasteiger partial charge in [-0.3, -0.25) is 37.0 Å². The molecule has 3 N–H and O–H groups in total. The number of thiol groups is 2. The lowest BCUT2D eigenvalue weighted by Crippen LogP contribution is -2.37. The van der Waals surface area contributed by atoms with Crippen molar-refractivity contribution in [2.24, 2.45) is 0 Å². The summed E-state index contributed by atoms with van der Waals surface area (Å²) in [7, 11) is 1.39. The molecule has 0 aromatic carbocycles. The SMILES string of the molecule is CO[C@@H]1[C@@H]2OP(=O)(S)OC[C@@H]3C[C@@H](OP(=O)(S)OC[C@H]2O[C@H]1n1cnc2c(N)ncnc21)[C@H](n1ccc(=O)[nH]c1=O)O3. The molecule has 228 valence electrons. The Balaban J connectivity index is 1.31. The predicted octanol–water partition coefficient (Wildman–Crippen LogP) is 1.05. The number of ether oxygens (including phenoxy) is 3. The minimum Gasteiger partial charge on any atom is -0.382 e. The third kappa shape index (κ3) is 5.86. The number of anilines is 1. The molecular weight excluding hydrogens is 640 g/mol. The number of hydrogen-bond donors (Lipinski definition) is 4. The number of nitrogen functional groups attached to an aromatic ring is 1. The van der Waals surface area contributed by atoms with E-state index in [0.717, 1.165) is 10.6 Å². The third-order valence-electron chi connectivity index (χ3n) is 6.84. The monoisotopic (exact) mass is 665 g/mol. The van der Waals surface area contributed by atoms with Crippen molar-refractivity contribution in [2.75, 3.05) is 26.1 Å². The van der Waals surface area contributed by atoms with Gasteiger partial charge in [0.25, 0.3) is 5.56 Å². The van der Waals surface area contributed by atoms with Crippen LogP contribution in [0.5, 0.6) is 0 Å². The van der Waals surface area contributed by atoms with E-state index in [1.165, 1.54) is 30.5 Å². The van der Waals surface area contributed by atoms with Crippen molar-refractivity contribution in [3.63, 3.8) is 0 Å². The summed E-state index contributed by atoms with van der Waals surface area (Å²) in [6, 6.07) is 1.11. The number of hydrogen-bond acceptors (Lipinski definition) is 15. The summed E-state index contributed by atoms with van der Waals surface area (Å²) in [4.78, 5) is 38.5. The van der Waals surface area contributed by atoms with E-state index < -0.39 is 74.4 Å². The zero-order chi connectivity index (χ0) is 29.8. The van der Waals surface area contributed by atoms with Gasteiger partial charge in [0.05, 0.1) is 25.6 Å². The van der Waals surface area contributed by atoms with Crippen molar-refractivity contribution in [1.29, 1.82) is 0 Å². The molecule has 0 aliphatic carbocycles. The topological polar surface area (TPSA) is 223 Å². The molecule has 3 aromatic heterocycles. The highest BCUT2D eigenvalue weighted by Gasteiger charge is 2.52. The highest BCUT2D eigenvalue weighted by atomic mass is 32.7. The first-order valence-corrected chi connectivity index (χ1v) is 17.7. The number of nitrogens with zero attached hydrogens (tertiary/aromatic N) is 5. The van der Waals surface area contributed by atoms with Gasteiger partial charge in [-0.1, -0.05) is 24.5 Å². The van der Waals surface area contributed by atoms with Gasteiger partial charge in [0, 0.05) is 25.8 Å². The maximum Gasteiger partial charge on any atom is 0.386 e. The number of imidazole rings is 1. The zero-order valence-electron chi connectivity index (χ0n) is 21.6. The Morgan fingerprint density at radius 1 is 1.02 bits per heavy atom. The van der Waals surface area contributed by atoms with Crippen LogP contribution in [0.3, 0.4) is 0 Å². The van der Waals surface area contributed by atoms with E-state index in [9.17, 15) is 18.7 Å². The molecule has 6 rings (SSSR count). The van der Waals surface area contributed by atoms with Crippen molar-refractivity contribution in [3.8, 4) is 0 Å². The minimum absolute atomic E-state index is 0.0305. The fraction of sp³-hybridized carbons (Fsp3) is 0.550. The number of nitrogens with one attached hydrogen (secondary N) is 1. The number of rotatable bonds is 3. The lowest BCUT2D eigenvalue weighted by Gasteiger charge is -2.27. The van der Waals surface area contributed by atoms with Crippen LogP contribution in [0, 0.1) is 0 Å². The average Bonchev–Trinajstić information content (AvgIpc) is 3.61. The number of fused-ring (bicyclic) bond motifs is 4. The molecule has 22 heteroatoms. The molecular formula is C20H25N7O11P2S2. The first kappa shape index (κ1) is 30.0. The number of H-pyrrole nitrogens is 1. The van der Waals surface area contributed by atoms with Crippen LogP contribution in [0.15, 0.2) is 34.5 Å². The summed E-state index contributed by atoms with van der Waals surface area (Å²) in [5, 5.41) is 0. The first-order chi connectivity index (χ1) is 19.9. The number of methoxy groups -OCH3 is 1. The molecule has 42 heavy (non-hydrogen) atoms. The van der Waals surface area contributed by atoms with Crippen LogP contribution in [0.25, 0.3) is 11.2 Å². The van der Waals surface area contributed by atoms with E-state index in [2.05, 4.69) is 44.4 Å². The van der Waals surface area contributed by atoms with Crippen LogP contribution in [0.2, 0.25) is 0 Å². The molecule has 6 heterocycles. The second-order valence-electron chi connectivity index (χ2n) is 9.49. The molecule has 3 aromatic rings. The lowest BCUT2D eigenvalue weighted by molar-refractivity contribution is -0.0610. The molecule has 2 bridgehead atoms. The zero-order valence-corrected chi connectivity index (χ0v) is 25.1. The van der Waals surface area contributed by atoms with E-state index in [0.29, 0.717) is 11.2 Å². The van der Waals surface area contributed by atoms with E-state index in [1.54, 1.807) is 0 Å². The normalized spacial score (nSPS) is 37.5. The van der Waals surface area contributed by atoms with Crippen LogP contribution < -0.4 is 17.0 Å². The molecule has 3 saturated heterocycles. The summed E-state index contributed by atoms with van der Waals surface area (Å²) in [6.07, 6.45) is -3.19. The van der Waals surface area contributed by atoms with E-state index in [-0.39, 0.29) is 18.8 Å². The van der Waals surface area contributed by atoms with Crippen molar-refractivity contribution in [1.82, 2.24) is 29.1 Å². The van der Waals surface area contributed by atoms with Crippen LogP contribution >= 0.6 is 38.1 Å². The molecule has 2 unspecified atom stereocenters. The van der Waals surface area contributed by atoms with E-state index in [1.807, 2.05) is 0 Å². The van der Waals surface area contributed by atoms with Gasteiger partial charge in [0.1, 0.15) is 36.3 Å². The second kappa shape index (κ2) is 11.4. The smallest absolute Gasteiger partial charge is 0.382 e. The fourth-order valence-electron chi connectivity index (χ4n) is 5.02. The van der Waals surface area contributed by atoms with Gasteiger partial charge < -0.3 is 19.9 Å². The van der Waals surface area contributed by atoms with E-state index in [4.69, 9.17) is 38.0 Å². The third-order valence-corrected chi connectivity index (χ3v) is 10.1. The molecule has 0 spiro atoms. The average molecular weight is 666 g/mol. The Morgan fingerprint density at radius 3 is 2.55 bits per heavy atom. The Hall–Kier alpha value is -2.09. The van der Waals surface area contributed by atoms with Gasteiger partial charge in [0.2, 0.25) is 0 Å². The summed E-state index contributed by atoms with van der Waals surface area (Å²) in [5.74, 6) is 0.147. The van der Waals surface area contributed by atoms with Crippen molar-refractivity contribution in [2.45, 2.75) is 49.4 Å². The van der Waals surface area contributed by atoms with Crippen molar-refractivity contribution >= 4 is 55.1 Å². The molecule has 3 aliphatic rings. The molecule has 3 fully saturated rings. The number of aromatic nitrogens is 6. The van der Waals surface area contributed by atoms with Gasteiger partial charge in [-0.25, -0.2) is 28.9 Å². The standard InChI is InChI=1S/C20H25N7O11P2S2/c1-32-15-14-11(36-19(15)27-8-24-13-16(21)22-7-23-17(13)27)6-34-39(30,41)37-10-4-9(5-33-40(31,42)38-14)35-18(10)26-3-2-12(28)25-20(26)29/h2-3,7-11,14-15,18-19H,4-6H2,1H3,(H,30,41)(H,31,42)(H2,21,22,23)(H,25,28,29)/t9-,10+,11+,14+,15+,18+,19+,39?,40?/m0/s1. The highest BCUT2D eigenvalue weighted by Crippen LogP contribution is 2.60. The minimum atomic E-state index is -4.15. The Kier molecular flexibility index (Phi) is 8.16. The molecule has 18 nitrogen and oxygen atoms in total. The maximum atomic E-state index is 13.4. The summed E-state index contributed by atoms with van der Waals surface area (Å²) < 4.78 is 69.8. The van der Waals surface area contributed by atoms with Crippen LogP contribution in [0.4, 0.5) is 5.82 Å². The second-order valence-corrected chi connectivity index (χ2v) is 15.2. The Morgan fingerprint density at radius 2 is 1.79 bits per heavy atom. The largest absolute Gasteiger partial charge is 0.386 e. The molecule has 3 aliphatic heterocycles. The Labute approximate surface area is 246 Å². The summed E-state index contributed by atoms with van der Waals surface area (Å²) in [6.45, 7) is -9.01.